The number of rotatable bonds is 5. The third-order valence-corrected chi connectivity index (χ3v) is 4.47. The minimum Gasteiger partial charge on any atom is -0.368 e. The molecule has 1 fully saturated rings. The van der Waals surface area contributed by atoms with Gasteiger partial charge in [0.1, 0.15) is 16.2 Å². The number of aromatic nitrogens is 1. The Hall–Kier alpha value is -1.51. The van der Waals surface area contributed by atoms with Crippen LogP contribution in [0.25, 0.3) is 0 Å². The van der Waals surface area contributed by atoms with Crippen LogP contribution >= 0.6 is 23.2 Å². The number of carbonyl (C=O) groups excluding carboxylic acids is 1. The summed E-state index contributed by atoms with van der Waals surface area (Å²) in [5.74, 6) is 0.511. The zero-order valence-corrected chi connectivity index (χ0v) is 12.4. The van der Waals surface area contributed by atoms with Crippen LogP contribution in [-0.4, -0.2) is 28.3 Å². The van der Waals surface area contributed by atoms with Crippen LogP contribution in [0.5, 0.6) is 0 Å². The van der Waals surface area contributed by atoms with Crippen LogP contribution in [0.3, 0.4) is 0 Å². The van der Waals surface area contributed by atoms with Crippen LogP contribution in [0.4, 0.5) is 5.82 Å². The maximum atomic E-state index is 11.9. The van der Waals surface area contributed by atoms with Crippen molar-refractivity contribution in [3.8, 4) is 6.07 Å². The van der Waals surface area contributed by atoms with Gasteiger partial charge in [0.05, 0.1) is 11.0 Å². The predicted octanol–water partition coefficient (Wildman–Crippen LogP) is 2.07. The topological polar surface area (TPSA) is 77.8 Å². The lowest BCUT2D eigenvalue weighted by Crippen LogP contribution is -2.36. The summed E-state index contributed by atoms with van der Waals surface area (Å²) in [5.41, 5.74) is -0.186. The highest BCUT2D eigenvalue weighted by atomic mass is 35.5. The van der Waals surface area contributed by atoms with E-state index in [0.717, 1.165) is 0 Å². The van der Waals surface area contributed by atoms with Gasteiger partial charge in [-0.25, -0.2) is 4.98 Å². The number of halogens is 2. The summed E-state index contributed by atoms with van der Waals surface area (Å²) < 4.78 is -0.945. The Bertz CT molecular complexity index is 552. The molecule has 1 atom stereocenters. The molecule has 0 bridgehead atoms. The second-order valence-corrected chi connectivity index (χ2v) is 6.42. The van der Waals surface area contributed by atoms with Gasteiger partial charge >= 0.3 is 0 Å². The van der Waals surface area contributed by atoms with E-state index in [0.29, 0.717) is 30.9 Å². The van der Waals surface area contributed by atoms with Crippen molar-refractivity contribution in [2.75, 3.05) is 18.4 Å². The summed E-state index contributed by atoms with van der Waals surface area (Å²) in [6, 6.07) is 5.38. The van der Waals surface area contributed by atoms with Crippen molar-refractivity contribution < 1.29 is 4.79 Å². The lowest BCUT2D eigenvalue weighted by Gasteiger charge is -2.13. The number of pyridine rings is 1. The van der Waals surface area contributed by atoms with Crippen molar-refractivity contribution in [1.29, 1.82) is 5.26 Å². The summed E-state index contributed by atoms with van der Waals surface area (Å²) in [6.45, 7) is 2.72. The zero-order valence-electron chi connectivity index (χ0n) is 10.9. The van der Waals surface area contributed by atoms with Crippen LogP contribution in [0, 0.1) is 16.7 Å². The zero-order chi connectivity index (χ0) is 14.8. The number of hydrogen-bond donors (Lipinski definition) is 2. The highest BCUT2D eigenvalue weighted by Gasteiger charge is 2.67. The van der Waals surface area contributed by atoms with E-state index in [1.807, 2.05) is 6.07 Å². The van der Waals surface area contributed by atoms with E-state index in [9.17, 15) is 4.79 Å². The van der Waals surface area contributed by atoms with E-state index in [4.69, 9.17) is 28.5 Å². The molecule has 0 spiro atoms. The van der Waals surface area contributed by atoms with E-state index < -0.39 is 9.75 Å². The summed E-state index contributed by atoms with van der Waals surface area (Å²) in [6.07, 6.45) is 1.96. The van der Waals surface area contributed by atoms with Gasteiger partial charge < -0.3 is 10.6 Å². The molecular weight excluding hydrogens is 299 g/mol. The fourth-order valence-corrected chi connectivity index (χ4v) is 2.48. The fourth-order valence-electron chi connectivity index (χ4n) is 1.77. The molecule has 0 radical (unpaired) electrons. The average molecular weight is 313 g/mol. The van der Waals surface area contributed by atoms with Gasteiger partial charge in [0.25, 0.3) is 0 Å². The van der Waals surface area contributed by atoms with E-state index in [-0.39, 0.29) is 5.91 Å². The highest BCUT2D eigenvalue weighted by Crippen LogP contribution is 2.63. The molecule has 20 heavy (non-hydrogen) atoms. The van der Waals surface area contributed by atoms with Crippen molar-refractivity contribution in [1.82, 2.24) is 10.3 Å². The number of alkyl halides is 2. The minimum absolute atomic E-state index is 0.142. The molecule has 0 aromatic carbocycles. The quantitative estimate of drug-likeness (QED) is 0.644. The largest absolute Gasteiger partial charge is 0.368 e. The number of amides is 1. The molecule has 2 N–H and O–H groups in total. The van der Waals surface area contributed by atoms with Crippen molar-refractivity contribution in [2.45, 2.75) is 17.7 Å². The van der Waals surface area contributed by atoms with E-state index in [1.54, 1.807) is 19.1 Å². The summed E-state index contributed by atoms with van der Waals surface area (Å²) >= 11 is 11.9. The molecule has 0 saturated heterocycles. The Kier molecular flexibility index (Phi) is 4.07. The molecule has 1 aromatic heterocycles. The first-order valence-corrected chi connectivity index (χ1v) is 6.91. The number of carbonyl (C=O) groups is 1. The first kappa shape index (κ1) is 14.9. The Labute approximate surface area is 127 Å². The third kappa shape index (κ3) is 2.97. The van der Waals surface area contributed by atoms with Crippen molar-refractivity contribution in [3.05, 3.63) is 23.9 Å². The third-order valence-electron chi connectivity index (χ3n) is 3.37. The van der Waals surface area contributed by atoms with Gasteiger partial charge in [-0.3, -0.25) is 4.79 Å². The normalized spacial score (nSPS) is 22.7. The first-order valence-electron chi connectivity index (χ1n) is 6.15. The van der Waals surface area contributed by atoms with Crippen LogP contribution in [0.1, 0.15) is 18.9 Å². The second-order valence-electron chi connectivity index (χ2n) is 4.94. The standard InChI is InChI=1S/C13H14Cl2N4O/c1-12(8-13(12,14)15)11(20)18-5-4-17-10-3-2-9(6-16)7-19-10/h2-3,7H,4-5,8H2,1H3,(H,17,19)(H,18,20)/t12-/m0/s1. The van der Waals surface area contributed by atoms with Crippen molar-refractivity contribution >= 4 is 34.9 Å². The SMILES string of the molecule is C[C@@]1(C(=O)NCCNc2ccc(C#N)cn2)CC1(Cl)Cl. The number of anilines is 1. The maximum absolute atomic E-state index is 11.9. The Balaban J connectivity index is 1.72. The number of nitrogens with zero attached hydrogens (tertiary/aromatic N) is 2. The smallest absolute Gasteiger partial charge is 0.229 e. The molecule has 1 saturated carbocycles. The summed E-state index contributed by atoms with van der Waals surface area (Å²) in [5, 5.41) is 14.5. The van der Waals surface area contributed by atoms with E-state index in [2.05, 4.69) is 15.6 Å². The number of nitrogens with one attached hydrogen (secondary N) is 2. The van der Waals surface area contributed by atoms with Crippen LogP contribution < -0.4 is 10.6 Å². The van der Waals surface area contributed by atoms with Gasteiger partial charge in [-0.05, 0) is 25.5 Å². The Morgan fingerprint density at radius 2 is 2.20 bits per heavy atom. The Morgan fingerprint density at radius 3 is 2.70 bits per heavy atom. The van der Waals surface area contributed by atoms with Gasteiger partial charge in [-0.2, -0.15) is 5.26 Å². The summed E-state index contributed by atoms with van der Waals surface area (Å²) in [4.78, 5) is 15.9. The molecule has 2 rings (SSSR count). The second kappa shape index (κ2) is 5.47. The molecule has 106 valence electrons. The molecule has 1 heterocycles. The van der Waals surface area contributed by atoms with Gasteiger partial charge in [-0.1, -0.05) is 0 Å². The molecular formula is C13H14Cl2N4O. The Morgan fingerprint density at radius 1 is 1.50 bits per heavy atom. The molecule has 7 heteroatoms. The van der Waals surface area contributed by atoms with Gasteiger partial charge in [-0.15, -0.1) is 23.2 Å². The molecule has 0 aliphatic heterocycles. The molecule has 5 nitrogen and oxygen atoms in total. The maximum Gasteiger partial charge on any atom is 0.229 e. The van der Waals surface area contributed by atoms with Gasteiger partial charge in [0.15, 0.2) is 0 Å². The van der Waals surface area contributed by atoms with Crippen LogP contribution in [0.2, 0.25) is 0 Å². The average Bonchev–Trinajstić information content (AvgIpc) is 2.95. The van der Waals surface area contributed by atoms with Crippen LogP contribution in [0.15, 0.2) is 18.3 Å². The van der Waals surface area contributed by atoms with E-state index in [1.165, 1.54) is 6.20 Å². The van der Waals surface area contributed by atoms with Gasteiger partial charge in [0, 0.05) is 19.3 Å². The van der Waals surface area contributed by atoms with Gasteiger partial charge in [0.2, 0.25) is 5.91 Å². The van der Waals surface area contributed by atoms with Crippen molar-refractivity contribution in [3.63, 3.8) is 0 Å². The summed E-state index contributed by atoms with van der Waals surface area (Å²) in [7, 11) is 0. The lowest BCUT2D eigenvalue weighted by atomic mass is 10.1. The molecule has 1 amide bonds. The fraction of sp³-hybridized carbons (Fsp3) is 0.462. The highest BCUT2D eigenvalue weighted by molar-refractivity contribution is 6.53. The monoisotopic (exact) mass is 312 g/mol. The van der Waals surface area contributed by atoms with E-state index >= 15 is 0 Å². The lowest BCUT2D eigenvalue weighted by molar-refractivity contribution is -0.125. The predicted molar refractivity (Wildman–Crippen MR) is 77.6 cm³/mol. The number of nitriles is 1. The molecule has 1 aliphatic carbocycles. The molecule has 1 aliphatic rings. The molecule has 1 aromatic rings. The first-order chi connectivity index (χ1) is 9.39. The minimum atomic E-state index is -0.945. The number of hydrogen-bond acceptors (Lipinski definition) is 4. The molecule has 0 unspecified atom stereocenters. The van der Waals surface area contributed by atoms with Crippen LogP contribution in [-0.2, 0) is 4.79 Å². The van der Waals surface area contributed by atoms with Crippen molar-refractivity contribution in [2.24, 2.45) is 5.41 Å².